The molecule has 1 aromatic carbocycles. The molecule has 0 radical (unpaired) electrons. The van der Waals surface area contributed by atoms with Crippen LogP contribution in [0.2, 0.25) is 0 Å². The topological polar surface area (TPSA) is 82.8 Å². The molecule has 0 unspecified atom stereocenters. The summed E-state index contributed by atoms with van der Waals surface area (Å²) in [6.45, 7) is 0. The third-order valence-electron chi connectivity index (χ3n) is 2.69. The number of nitrogens with zero attached hydrogens (tertiary/aromatic N) is 2. The van der Waals surface area contributed by atoms with Crippen LogP contribution in [0.15, 0.2) is 35.5 Å². The molecule has 2 rings (SSSR count). The van der Waals surface area contributed by atoms with Gasteiger partial charge in [0.15, 0.2) is 5.13 Å². The first-order chi connectivity index (χ1) is 9.60. The largest absolute Gasteiger partial charge is 0.481 e. The van der Waals surface area contributed by atoms with E-state index in [9.17, 15) is 9.18 Å². The smallest absolute Gasteiger partial charge is 0.303 e. The molecule has 0 bridgehead atoms. The Balaban J connectivity index is 2.16. The van der Waals surface area contributed by atoms with Crippen LogP contribution in [0, 0.1) is 5.13 Å². The maximum Gasteiger partial charge on any atom is 0.303 e. The number of aromatic nitrogens is 1. The number of carboxylic acid groups (broad SMARTS) is 1. The van der Waals surface area contributed by atoms with E-state index in [-0.39, 0.29) is 18.0 Å². The molecule has 104 valence electrons. The predicted molar refractivity (Wildman–Crippen MR) is 72.7 cm³/mol. The van der Waals surface area contributed by atoms with Gasteiger partial charge in [0.2, 0.25) is 0 Å². The number of aliphatic carboxylic acids is 1. The first kappa shape index (κ1) is 14.1. The second-order valence-electron chi connectivity index (χ2n) is 4.03. The van der Waals surface area contributed by atoms with Crippen molar-refractivity contribution in [2.45, 2.75) is 12.8 Å². The Morgan fingerprint density at radius 1 is 1.30 bits per heavy atom. The van der Waals surface area contributed by atoms with E-state index in [0.29, 0.717) is 17.0 Å². The molecule has 0 fully saturated rings. The molecule has 2 aromatic rings. The normalized spacial score (nSPS) is 11.6. The number of carbonyl (C=O) groups is 1. The van der Waals surface area contributed by atoms with Crippen molar-refractivity contribution >= 4 is 23.2 Å². The molecule has 0 aliphatic carbocycles. The molecule has 0 saturated heterocycles. The molecule has 1 heterocycles. The van der Waals surface area contributed by atoms with Gasteiger partial charge in [-0.1, -0.05) is 29.4 Å². The van der Waals surface area contributed by atoms with Gasteiger partial charge in [-0.05, 0) is 17.1 Å². The maximum atomic E-state index is 12.9. The Labute approximate surface area is 118 Å². The Morgan fingerprint density at radius 3 is 2.50 bits per heavy atom. The van der Waals surface area contributed by atoms with E-state index in [2.05, 4.69) is 9.53 Å². The third kappa shape index (κ3) is 3.39. The van der Waals surface area contributed by atoms with Gasteiger partial charge < -0.3 is 10.3 Å². The Morgan fingerprint density at radius 2 is 2.00 bits per heavy atom. The fourth-order valence-electron chi connectivity index (χ4n) is 1.70. The highest BCUT2D eigenvalue weighted by Gasteiger charge is 2.09. The fraction of sp³-hybridized carbons (Fsp3) is 0.154. The molecule has 5 nitrogen and oxygen atoms in total. The summed E-state index contributed by atoms with van der Waals surface area (Å²) in [6.07, 6.45) is 0.0228. The first-order valence-corrected chi connectivity index (χ1v) is 6.53. The molecule has 20 heavy (non-hydrogen) atoms. The van der Waals surface area contributed by atoms with E-state index in [1.807, 2.05) is 0 Å². The van der Waals surface area contributed by atoms with Crippen molar-refractivity contribution in [3.63, 3.8) is 0 Å². The standard InChI is InChI=1S/C13H11FN2O3S/c14-12-7-11(16-20-12)9-3-1-8(2-4-9)10(15-19)5-6-13(17)18/h1-4,7,19H,5-6H2,(H,17,18). The van der Waals surface area contributed by atoms with Crippen LogP contribution >= 0.6 is 11.5 Å². The van der Waals surface area contributed by atoms with Crippen LogP contribution in [0.4, 0.5) is 4.39 Å². The highest BCUT2D eigenvalue weighted by molar-refractivity contribution is 7.04. The van der Waals surface area contributed by atoms with Crippen LogP contribution in [0.25, 0.3) is 11.3 Å². The minimum absolute atomic E-state index is 0.113. The number of hydrogen-bond donors (Lipinski definition) is 2. The van der Waals surface area contributed by atoms with Crippen LogP contribution in [0.3, 0.4) is 0 Å². The van der Waals surface area contributed by atoms with Crippen LogP contribution < -0.4 is 0 Å². The zero-order valence-corrected chi connectivity index (χ0v) is 11.1. The average Bonchev–Trinajstić information content (AvgIpc) is 2.86. The summed E-state index contributed by atoms with van der Waals surface area (Å²) < 4.78 is 16.8. The summed E-state index contributed by atoms with van der Waals surface area (Å²) in [5.41, 5.74) is 2.19. The van der Waals surface area contributed by atoms with Crippen molar-refractivity contribution in [3.05, 3.63) is 41.0 Å². The van der Waals surface area contributed by atoms with Gasteiger partial charge >= 0.3 is 5.97 Å². The van der Waals surface area contributed by atoms with Crippen molar-refractivity contribution < 1.29 is 19.5 Å². The van der Waals surface area contributed by atoms with E-state index in [1.165, 1.54) is 6.07 Å². The molecule has 0 amide bonds. The van der Waals surface area contributed by atoms with Crippen LogP contribution in [0.1, 0.15) is 18.4 Å². The number of halogens is 1. The monoisotopic (exact) mass is 294 g/mol. The van der Waals surface area contributed by atoms with E-state index >= 15 is 0 Å². The second kappa shape index (κ2) is 6.25. The molecule has 2 N–H and O–H groups in total. The molecule has 0 atom stereocenters. The summed E-state index contributed by atoms with van der Waals surface area (Å²) in [5, 5.41) is 20.3. The van der Waals surface area contributed by atoms with Crippen molar-refractivity contribution in [2.75, 3.05) is 0 Å². The summed E-state index contributed by atoms with van der Waals surface area (Å²) in [5.74, 6) is -0.958. The van der Waals surface area contributed by atoms with E-state index in [1.54, 1.807) is 24.3 Å². The first-order valence-electron chi connectivity index (χ1n) is 5.76. The van der Waals surface area contributed by atoms with Crippen molar-refractivity contribution in [3.8, 4) is 11.3 Å². The Hall–Kier alpha value is -2.28. The minimum Gasteiger partial charge on any atom is -0.481 e. The molecule has 1 aromatic heterocycles. The number of rotatable bonds is 5. The average molecular weight is 294 g/mol. The number of oxime groups is 1. The molecular weight excluding hydrogens is 283 g/mol. The molecule has 7 heteroatoms. The number of carboxylic acids is 1. The molecular formula is C13H11FN2O3S. The summed E-state index contributed by atoms with van der Waals surface area (Å²) in [7, 11) is 0. The number of hydrogen-bond acceptors (Lipinski definition) is 5. The third-order valence-corrected chi connectivity index (χ3v) is 3.27. The van der Waals surface area contributed by atoms with E-state index in [0.717, 1.165) is 17.1 Å². The SMILES string of the molecule is O=C(O)CCC(=NO)c1ccc(-c2cc(F)sn2)cc1. The maximum absolute atomic E-state index is 12.9. The second-order valence-corrected chi connectivity index (χ2v) is 4.79. The summed E-state index contributed by atoms with van der Waals surface area (Å²) in [4.78, 5) is 10.5. The van der Waals surface area contributed by atoms with Crippen LogP contribution in [-0.4, -0.2) is 26.4 Å². The van der Waals surface area contributed by atoms with Gasteiger partial charge in [0.05, 0.1) is 17.8 Å². The van der Waals surface area contributed by atoms with Crippen molar-refractivity contribution in [2.24, 2.45) is 5.16 Å². The van der Waals surface area contributed by atoms with Crippen LogP contribution in [-0.2, 0) is 4.79 Å². The van der Waals surface area contributed by atoms with Crippen LogP contribution in [0.5, 0.6) is 0 Å². The molecule has 0 spiro atoms. The summed E-state index contributed by atoms with van der Waals surface area (Å²) >= 11 is 0.780. The fourth-order valence-corrected chi connectivity index (χ4v) is 2.21. The quantitative estimate of drug-likeness (QED) is 0.504. The number of benzene rings is 1. The van der Waals surface area contributed by atoms with Crippen molar-refractivity contribution in [1.29, 1.82) is 0 Å². The minimum atomic E-state index is -0.958. The lowest BCUT2D eigenvalue weighted by molar-refractivity contribution is -0.136. The van der Waals surface area contributed by atoms with Gasteiger partial charge in [-0.2, -0.15) is 8.76 Å². The lowest BCUT2D eigenvalue weighted by Gasteiger charge is -2.04. The molecule has 0 aliphatic heterocycles. The van der Waals surface area contributed by atoms with E-state index < -0.39 is 5.97 Å². The summed E-state index contributed by atoms with van der Waals surface area (Å²) in [6, 6.07) is 8.14. The Kier molecular flexibility index (Phi) is 4.41. The van der Waals surface area contributed by atoms with Gasteiger partial charge in [-0.3, -0.25) is 4.79 Å². The lowest BCUT2D eigenvalue weighted by atomic mass is 10.0. The van der Waals surface area contributed by atoms with E-state index in [4.69, 9.17) is 10.3 Å². The van der Waals surface area contributed by atoms with Gasteiger partial charge in [-0.25, -0.2) is 0 Å². The molecule has 0 aliphatic rings. The van der Waals surface area contributed by atoms with Gasteiger partial charge in [0.1, 0.15) is 0 Å². The predicted octanol–water partition coefficient (Wildman–Crippen LogP) is 2.99. The lowest BCUT2D eigenvalue weighted by Crippen LogP contribution is -2.05. The van der Waals surface area contributed by atoms with Gasteiger partial charge in [-0.15, -0.1) is 0 Å². The highest BCUT2D eigenvalue weighted by Crippen LogP contribution is 2.22. The molecule has 0 saturated carbocycles. The van der Waals surface area contributed by atoms with Crippen molar-refractivity contribution in [1.82, 2.24) is 4.37 Å². The zero-order chi connectivity index (χ0) is 14.5. The van der Waals surface area contributed by atoms with Gasteiger partial charge in [0.25, 0.3) is 0 Å². The zero-order valence-electron chi connectivity index (χ0n) is 10.3. The Bertz CT molecular complexity index is 637. The van der Waals surface area contributed by atoms with Gasteiger partial charge in [0, 0.05) is 18.1 Å². The highest BCUT2D eigenvalue weighted by atomic mass is 32.1.